The molecule has 1 rings (SSSR count). The van der Waals surface area contributed by atoms with Crippen LogP contribution in [0.5, 0.6) is 0 Å². The van der Waals surface area contributed by atoms with Crippen molar-refractivity contribution in [2.24, 2.45) is 0 Å². The normalized spacial score (nSPS) is 9.53. The van der Waals surface area contributed by atoms with Gasteiger partial charge in [-0.1, -0.05) is 18.2 Å². The maximum Gasteiger partial charge on any atom is 0.322 e. The molecule has 7 heteroatoms. The van der Waals surface area contributed by atoms with Crippen LogP contribution >= 0.6 is 12.2 Å². The van der Waals surface area contributed by atoms with Crippen LogP contribution in [-0.2, 0) is 9.59 Å². The number of thiocarbonyl (C=S) groups is 1. The van der Waals surface area contributed by atoms with Crippen molar-refractivity contribution >= 4 is 34.9 Å². The molecule has 19 heavy (non-hydrogen) atoms. The lowest BCUT2D eigenvalue weighted by Crippen LogP contribution is -2.40. The zero-order valence-corrected chi connectivity index (χ0v) is 11.2. The summed E-state index contributed by atoms with van der Waals surface area (Å²) in [6.07, 6.45) is 0. The number of anilines is 1. The van der Waals surface area contributed by atoms with E-state index in [2.05, 4.69) is 16.0 Å². The Bertz CT molecular complexity index is 491. The van der Waals surface area contributed by atoms with Crippen molar-refractivity contribution in [3.05, 3.63) is 29.8 Å². The molecule has 0 unspecified atom stereocenters. The third-order valence-electron chi connectivity index (χ3n) is 2.24. The first-order valence-electron chi connectivity index (χ1n) is 5.58. The number of rotatable bonds is 5. The van der Waals surface area contributed by atoms with Crippen LogP contribution in [0, 0.1) is 6.92 Å². The first-order chi connectivity index (χ1) is 8.99. The molecule has 0 radical (unpaired) electrons. The molecule has 0 bridgehead atoms. The summed E-state index contributed by atoms with van der Waals surface area (Å²) in [6.45, 7) is 1.45. The lowest BCUT2D eigenvalue weighted by atomic mass is 10.2. The first-order valence-corrected chi connectivity index (χ1v) is 5.99. The van der Waals surface area contributed by atoms with Crippen molar-refractivity contribution in [3.63, 3.8) is 0 Å². The number of hydrogen-bond acceptors (Lipinski definition) is 3. The molecule has 4 N–H and O–H groups in total. The Hall–Kier alpha value is -2.15. The smallest absolute Gasteiger partial charge is 0.322 e. The third-order valence-corrected chi connectivity index (χ3v) is 2.49. The van der Waals surface area contributed by atoms with E-state index in [0.717, 1.165) is 11.3 Å². The average Bonchev–Trinajstić information content (AvgIpc) is 2.36. The third kappa shape index (κ3) is 5.82. The van der Waals surface area contributed by atoms with Crippen LogP contribution in [-0.4, -0.2) is 35.2 Å². The van der Waals surface area contributed by atoms with Crippen LogP contribution in [0.2, 0.25) is 0 Å². The highest BCUT2D eigenvalue weighted by molar-refractivity contribution is 7.80. The zero-order valence-electron chi connectivity index (χ0n) is 10.4. The number of carboxylic acid groups (broad SMARTS) is 1. The fourth-order valence-corrected chi connectivity index (χ4v) is 1.46. The maximum absolute atomic E-state index is 11.2. The number of carboxylic acids is 1. The van der Waals surface area contributed by atoms with Gasteiger partial charge in [-0.15, -0.1) is 0 Å². The van der Waals surface area contributed by atoms with E-state index in [1.165, 1.54) is 0 Å². The Morgan fingerprint density at radius 3 is 2.53 bits per heavy atom. The molecule has 6 nitrogen and oxygen atoms in total. The fourth-order valence-electron chi connectivity index (χ4n) is 1.28. The minimum absolute atomic E-state index is 0.0784. The number of aliphatic carboxylic acids is 1. The molecule has 0 atom stereocenters. The summed E-state index contributed by atoms with van der Waals surface area (Å²) in [4.78, 5) is 21.5. The highest BCUT2D eigenvalue weighted by atomic mass is 32.1. The molecule has 0 aromatic heterocycles. The van der Waals surface area contributed by atoms with E-state index in [1.54, 1.807) is 0 Å². The van der Waals surface area contributed by atoms with Crippen LogP contribution in [0.25, 0.3) is 0 Å². The molecule has 0 aliphatic heterocycles. The molecule has 0 aliphatic carbocycles. The van der Waals surface area contributed by atoms with Gasteiger partial charge in [0.25, 0.3) is 0 Å². The summed E-state index contributed by atoms with van der Waals surface area (Å²) in [5, 5.41) is 16.6. The van der Waals surface area contributed by atoms with Crippen molar-refractivity contribution in [2.45, 2.75) is 6.92 Å². The van der Waals surface area contributed by atoms with Gasteiger partial charge in [-0.05, 0) is 30.8 Å². The zero-order chi connectivity index (χ0) is 14.3. The van der Waals surface area contributed by atoms with Crippen LogP contribution in [0.3, 0.4) is 0 Å². The van der Waals surface area contributed by atoms with Crippen molar-refractivity contribution in [1.82, 2.24) is 10.6 Å². The second-order valence-corrected chi connectivity index (χ2v) is 4.20. The Balaban J connectivity index is 2.34. The van der Waals surface area contributed by atoms with Gasteiger partial charge in [-0.3, -0.25) is 9.59 Å². The fraction of sp³-hybridized carbons (Fsp3) is 0.250. The maximum atomic E-state index is 11.2. The van der Waals surface area contributed by atoms with Crippen LogP contribution in [0.1, 0.15) is 5.56 Å². The summed E-state index contributed by atoms with van der Waals surface area (Å²) in [7, 11) is 0. The van der Waals surface area contributed by atoms with Crippen molar-refractivity contribution in [3.8, 4) is 0 Å². The predicted octanol–water partition coefficient (Wildman–Crippen LogP) is 0.482. The molecule has 0 heterocycles. The average molecular weight is 281 g/mol. The number of amides is 1. The number of benzene rings is 1. The molecule has 102 valence electrons. The number of aryl methyl sites for hydroxylation is 1. The summed E-state index contributed by atoms with van der Waals surface area (Å²) >= 11 is 5.03. The van der Waals surface area contributed by atoms with Crippen molar-refractivity contribution in [2.75, 3.05) is 18.4 Å². The van der Waals surface area contributed by atoms with Crippen molar-refractivity contribution in [1.29, 1.82) is 0 Å². The monoisotopic (exact) mass is 281 g/mol. The lowest BCUT2D eigenvalue weighted by molar-refractivity contribution is -0.137. The van der Waals surface area contributed by atoms with E-state index >= 15 is 0 Å². The van der Waals surface area contributed by atoms with E-state index in [-0.39, 0.29) is 6.54 Å². The highest BCUT2D eigenvalue weighted by Crippen LogP contribution is 2.12. The highest BCUT2D eigenvalue weighted by Gasteiger charge is 2.05. The van der Waals surface area contributed by atoms with Crippen LogP contribution < -0.4 is 16.0 Å². The summed E-state index contributed by atoms with van der Waals surface area (Å²) in [5.74, 6) is -1.52. The second kappa shape index (κ2) is 7.32. The van der Waals surface area contributed by atoms with E-state index in [4.69, 9.17) is 17.3 Å². The number of hydrogen-bond donors (Lipinski definition) is 4. The minimum atomic E-state index is -1.09. The molecule has 0 saturated heterocycles. The van der Waals surface area contributed by atoms with Gasteiger partial charge in [-0.2, -0.15) is 0 Å². The molecule has 0 aliphatic rings. The minimum Gasteiger partial charge on any atom is -0.480 e. The molecular formula is C12H15N3O3S. The van der Waals surface area contributed by atoms with Crippen LogP contribution in [0.15, 0.2) is 24.3 Å². The molecule has 0 fully saturated rings. The predicted molar refractivity (Wildman–Crippen MR) is 76.0 cm³/mol. The summed E-state index contributed by atoms with van der Waals surface area (Å²) in [6, 6.07) is 7.59. The second-order valence-electron chi connectivity index (χ2n) is 3.79. The Morgan fingerprint density at radius 2 is 1.89 bits per heavy atom. The van der Waals surface area contributed by atoms with Crippen LogP contribution in [0.4, 0.5) is 5.69 Å². The molecule has 1 aromatic rings. The SMILES string of the molecule is Cc1ccccc1NC(=S)NCC(=O)NCC(=O)O. The van der Waals surface area contributed by atoms with Gasteiger partial charge in [0.05, 0.1) is 6.54 Å². The van der Waals surface area contributed by atoms with Gasteiger partial charge >= 0.3 is 5.97 Å². The van der Waals surface area contributed by atoms with E-state index < -0.39 is 18.4 Å². The van der Waals surface area contributed by atoms with E-state index in [9.17, 15) is 9.59 Å². The number of carbonyl (C=O) groups is 2. The quantitative estimate of drug-likeness (QED) is 0.587. The molecule has 0 saturated carbocycles. The van der Waals surface area contributed by atoms with Gasteiger partial charge in [0.1, 0.15) is 6.54 Å². The van der Waals surface area contributed by atoms with Crippen molar-refractivity contribution < 1.29 is 14.7 Å². The molecule has 1 amide bonds. The van der Waals surface area contributed by atoms with Gasteiger partial charge in [0.15, 0.2) is 5.11 Å². The number of para-hydroxylation sites is 1. The van der Waals surface area contributed by atoms with Gasteiger partial charge in [-0.25, -0.2) is 0 Å². The summed E-state index contributed by atoms with van der Waals surface area (Å²) in [5.41, 5.74) is 1.88. The molecule has 0 spiro atoms. The standard InChI is InChI=1S/C12H15N3O3S/c1-8-4-2-3-5-9(8)15-12(19)14-6-10(16)13-7-11(17)18/h2-5H,6-7H2,1H3,(H,13,16)(H,17,18)(H2,14,15,19). The van der Waals surface area contributed by atoms with Gasteiger partial charge in [0.2, 0.25) is 5.91 Å². The topological polar surface area (TPSA) is 90.5 Å². The molecule has 1 aromatic carbocycles. The number of nitrogens with one attached hydrogen (secondary N) is 3. The largest absolute Gasteiger partial charge is 0.480 e. The van der Waals surface area contributed by atoms with E-state index in [1.807, 2.05) is 31.2 Å². The summed E-state index contributed by atoms with van der Waals surface area (Å²) < 4.78 is 0. The lowest BCUT2D eigenvalue weighted by Gasteiger charge is -2.12. The Labute approximate surface area is 116 Å². The first kappa shape index (κ1) is 14.9. The van der Waals surface area contributed by atoms with Gasteiger partial charge < -0.3 is 21.1 Å². The number of carbonyl (C=O) groups excluding carboxylic acids is 1. The van der Waals surface area contributed by atoms with E-state index in [0.29, 0.717) is 5.11 Å². The molecular weight excluding hydrogens is 266 g/mol. The Morgan fingerprint density at radius 1 is 1.21 bits per heavy atom. The van der Waals surface area contributed by atoms with Gasteiger partial charge in [0, 0.05) is 5.69 Å². The Kier molecular flexibility index (Phi) is 5.74.